The monoisotopic (exact) mass is 390 g/mol. The molecule has 2 fully saturated rings. The fourth-order valence-corrected chi connectivity index (χ4v) is 4.51. The van der Waals surface area contributed by atoms with Crippen LogP contribution in [0.4, 0.5) is 5.69 Å². The van der Waals surface area contributed by atoms with Crippen LogP contribution in [0.15, 0.2) is 16.6 Å². The van der Waals surface area contributed by atoms with Gasteiger partial charge in [-0.3, -0.25) is 4.90 Å². The standard InChI is InChI=1S/C16H21BrCl2N2/c1-2-11-9-20-8-4-3-5-12(20)10-21(11)14-7-6-13(17)15(18)16(14)19/h6-7,11-12H,2-5,8-10H2,1H3. The summed E-state index contributed by atoms with van der Waals surface area (Å²) in [6.07, 6.45) is 5.13. The summed E-state index contributed by atoms with van der Waals surface area (Å²) >= 11 is 16.3. The van der Waals surface area contributed by atoms with Gasteiger partial charge in [-0.2, -0.15) is 0 Å². The lowest BCUT2D eigenvalue weighted by molar-refractivity contribution is 0.111. The summed E-state index contributed by atoms with van der Waals surface area (Å²) in [6, 6.07) is 5.29. The highest BCUT2D eigenvalue weighted by atomic mass is 79.9. The van der Waals surface area contributed by atoms with Gasteiger partial charge in [0.2, 0.25) is 0 Å². The SMILES string of the molecule is CCC1CN2CCCCC2CN1c1ccc(Br)c(Cl)c1Cl. The zero-order valence-electron chi connectivity index (χ0n) is 12.3. The van der Waals surface area contributed by atoms with Crippen LogP contribution in [0.25, 0.3) is 0 Å². The van der Waals surface area contributed by atoms with Crippen LogP contribution in [0, 0.1) is 0 Å². The molecule has 2 saturated heterocycles. The minimum absolute atomic E-state index is 0.522. The van der Waals surface area contributed by atoms with E-state index in [4.69, 9.17) is 23.2 Å². The second-order valence-corrected chi connectivity index (χ2v) is 7.66. The number of halogens is 3. The van der Waals surface area contributed by atoms with Crippen molar-refractivity contribution in [3.8, 4) is 0 Å². The highest BCUT2D eigenvalue weighted by Gasteiger charge is 2.35. The lowest BCUT2D eigenvalue weighted by atomic mass is 9.95. The normalized spacial score (nSPS) is 26.8. The average molecular weight is 392 g/mol. The van der Waals surface area contributed by atoms with E-state index in [0.717, 1.165) is 29.7 Å². The molecule has 2 nitrogen and oxygen atoms in total. The lowest BCUT2D eigenvalue weighted by Crippen LogP contribution is -2.59. The van der Waals surface area contributed by atoms with E-state index in [1.165, 1.54) is 25.8 Å². The van der Waals surface area contributed by atoms with Crippen molar-refractivity contribution in [3.63, 3.8) is 0 Å². The summed E-state index contributed by atoms with van der Waals surface area (Å²) in [7, 11) is 0. The van der Waals surface area contributed by atoms with Gasteiger partial charge >= 0.3 is 0 Å². The largest absolute Gasteiger partial charge is 0.364 e. The first-order valence-electron chi connectivity index (χ1n) is 7.76. The Hall–Kier alpha value is 0.0400. The molecule has 0 radical (unpaired) electrons. The van der Waals surface area contributed by atoms with Gasteiger partial charge in [0.15, 0.2) is 0 Å². The third-order valence-corrected chi connectivity index (χ3v) is 6.60. The fraction of sp³-hybridized carbons (Fsp3) is 0.625. The first kappa shape index (κ1) is 15.9. The van der Waals surface area contributed by atoms with E-state index in [1.54, 1.807) is 0 Å². The molecule has 2 atom stereocenters. The first-order valence-corrected chi connectivity index (χ1v) is 9.31. The third-order valence-electron chi connectivity index (χ3n) is 4.84. The quantitative estimate of drug-likeness (QED) is 0.638. The topological polar surface area (TPSA) is 6.48 Å². The van der Waals surface area contributed by atoms with Crippen LogP contribution in [0.1, 0.15) is 32.6 Å². The molecule has 1 aromatic carbocycles. The van der Waals surface area contributed by atoms with Crippen molar-refractivity contribution in [2.24, 2.45) is 0 Å². The predicted molar refractivity (Wildman–Crippen MR) is 94.8 cm³/mol. The van der Waals surface area contributed by atoms with Gasteiger partial charge in [-0.1, -0.05) is 36.5 Å². The second kappa shape index (κ2) is 6.66. The number of hydrogen-bond acceptors (Lipinski definition) is 2. The minimum Gasteiger partial charge on any atom is -0.364 e. The van der Waals surface area contributed by atoms with Crippen molar-refractivity contribution in [2.45, 2.75) is 44.7 Å². The number of piperazine rings is 1. The average Bonchev–Trinajstić information content (AvgIpc) is 2.51. The maximum atomic E-state index is 6.51. The molecule has 2 heterocycles. The van der Waals surface area contributed by atoms with Crippen LogP contribution in [0.5, 0.6) is 0 Å². The first-order chi connectivity index (χ1) is 10.1. The van der Waals surface area contributed by atoms with Gasteiger partial charge in [0.1, 0.15) is 0 Å². The zero-order valence-corrected chi connectivity index (χ0v) is 15.4. The van der Waals surface area contributed by atoms with Crippen LogP contribution in [-0.2, 0) is 0 Å². The Bertz CT molecular complexity index is 523. The molecule has 0 aromatic heterocycles. The smallest absolute Gasteiger partial charge is 0.0837 e. The van der Waals surface area contributed by atoms with Gasteiger partial charge in [0.05, 0.1) is 15.7 Å². The summed E-state index contributed by atoms with van der Waals surface area (Å²) in [5.74, 6) is 0. The Balaban J connectivity index is 1.90. The minimum atomic E-state index is 0.522. The van der Waals surface area contributed by atoms with Gasteiger partial charge in [-0.15, -0.1) is 0 Å². The van der Waals surface area contributed by atoms with E-state index < -0.39 is 0 Å². The lowest BCUT2D eigenvalue weighted by Gasteiger charge is -2.49. The van der Waals surface area contributed by atoms with Gasteiger partial charge < -0.3 is 4.90 Å². The summed E-state index contributed by atoms with van der Waals surface area (Å²) < 4.78 is 0.863. The maximum Gasteiger partial charge on any atom is 0.0837 e. The van der Waals surface area contributed by atoms with E-state index in [-0.39, 0.29) is 0 Å². The van der Waals surface area contributed by atoms with Crippen molar-refractivity contribution in [1.82, 2.24) is 4.90 Å². The van der Waals surface area contributed by atoms with Crippen molar-refractivity contribution in [3.05, 3.63) is 26.7 Å². The highest BCUT2D eigenvalue weighted by molar-refractivity contribution is 9.10. The molecular weight excluding hydrogens is 371 g/mol. The van der Waals surface area contributed by atoms with Gasteiger partial charge in [-0.05, 0) is 53.9 Å². The molecule has 0 aliphatic carbocycles. The summed E-state index contributed by atoms with van der Waals surface area (Å²) in [6.45, 7) is 5.72. The molecule has 0 N–H and O–H groups in total. The van der Waals surface area contributed by atoms with Crippen molar-refractivity contribution in [2.75, 3.05) is 24.5 Å². The van der Waals surface area contributed by atoms with Crippen molar-refractivity contribution < 1.29 is 0 Å². The van der Waals surface area contributed by atoms with Crippen LogP contribution >= 0.6 is 39.1 Å². The molecule has 0 spiro atoms. The third kappa shape index (κ3) is 3.08. The number of nitrogens with zero attached hydrogens (tertiary/aromatic N) is 2. The Morgan fingerprint density at radius 2 is 2.00 bits per heavy atom. The van der Waals surface area contributed by atoms with Crippen LogP contribution in [-0.4, -0.2) is 36.6 Å². The molecule has 1 aromatic rings. The molecule has 5 heteroatoms. The van der Waals surface area contributed by atoms with E-state index in [9.17, 15) is 0 Å². The molecule has 21 heavy (non-hydrogen) atoms. The number of rotatable bonds is 2. The van der Waals surface area contributed by atoms with E-state index in [0.29, 0.717) is 22.1 Å². The van der Waals surface area contributed by atoms with E-state index >= 15 is 0 Å². The number of anilines is 1. The molecule has 0 amide bonds. The number of benzene rings is 1. The van der Waals surface area contributed by atoms with E-state index in [2.05, 4.69) is 38.7 Å². The summed E-state index contributed by atoms with van der Waals surface area (Å²) in [5.41, 5.74) is 1.09. The van der Waals surface area contributed by atoms with Crippen LogP contribution in [0.2, 0.25) is 10.0 Å². The number of piperidine rings is 1. The number of hydrogen-bond donors (Lipinski definition) is 0. The van der Waals surface area contributed by atoms with Gasteiger partial charge in [0.25, 0.3) is 0 Å². The second-order valence-electron chi connectivity index (χ2n) is 6.05. The van der Waals surface area contributed by atoms with Crippen molar-refractivity contribution in [1.29, 1.82) is 0 Å². The highest BCUT2D eigenvalue weighted by Crippen LogP contribution is 2.40. The Morgan fingerprint density at radius 3 is 2.76 bits per heavy atom. The van der Waals surface area contributed by atoms with E-state index in [1.807, 2.05) is 6.07 Å². The van der Waals surface area contributed by atoms with Crippen molar-refractivity contribution >= 4 is 44.8 Å². The Kier molecular flexibility index (Phi) is 5.04. The molecule has 0 saturated carbocycles. The molecule has 2 unspecified atom stereocenters. The summed E-state index contributed by atoms with van der Waals surface area (Å²) in [4.78, 5) is 5.15. The molecule has 3 rings (SSSR count). The predicted octanol–water partition coefficient (Wildman–Crippen LogP) is 5.21. The maximum absolute atomic E-state index is 6.51. The van der Waals surface area contributed by atoms with Gasteiger partial charge in [-0.25, -0.2) is 0 Å². The zero-order chi connectivity index (χ0) is 15.0. The summed E-state index contributed by atoms with van der Waals surface area (Å²) in [5, 5.41) is 1.30. The molecule has 116 valence electrons. The fourth-order valence-electron chi connectivity index (χ4n) is 3.63. The molecule has 2 aliphatic heterocycles. The Morgan fingerprint density at radius 1 is 1.19 bits per heavy atom. The molecular formula is C16H21BrCl2N2. The number of fused-ring (bicyclic) bond motifs is 1. The van der Waals surface area contributed by atoms with Crippen LogP contribution < -0.4 is 4.90 Å². The van der Waals surface area contributed by atoms with Crippen LogP contribution in [0.3, 0.4) is 0 Å². The Labute approximate surface area is 145 Å². The van der Waals surface area contributed by atoms with Gasteiger partial charge in [0, 0.05) is 29.6 Å². The molecule has 2 aliphatic rings. The molecule has 0 bridgehead atoms.